The second-order valence-electron chi connectivity index (χ2n) is 10.2. The zero-order valence-corrected chi connectivity index (χ0v) is 20.8. The maximum atomic E-state index is 15.0. The lowest BCUT2D eigenvalue weighted by atomic mass is 10.0. The zero-order chi connectivity index (χ0) is 25.4. The molecule has 1 amide bonds. The topological polar surface area (TPSA) is 77.5 Å². The standard InChI is InChI=1S/C28H32F2N6O/c29-20-8-13-35(14-9-20)12-2-11-32-27(37)19-5-7-24-26(16-19)36-17-25(34-28(36)33-24)21-6-4-18(15-22(21)30)23-3-1-10-31-23/h4-7,15-17,20,23,31H,1-3,8-14H2,(H,32,37)(H,33,34)/t23-/m1/s1. The van der Waals surface area contributed by atoms with Crippen molar-refractivity contribution >= 4 is 22.7 Å². The van der Waals surface area contributed by atoms with Crippen LogP contribution in [0.3, 0.4) is 0 Å². The Kier molecular flexibility index (Phi) is 6.65. The van der Waals surface area contributed by atoms with Crippen LogP contribution in [0.25, 0.3) is 28.1 Å². The van der Waals surface area contributed by atoms with Crippen molar-refractivity contribution in [2.24, 2.45) is 0 Å². The van der Waals surface area contributed by atoms with E-state index < -0.39 is 6.17 Å². The molecule has 37 heavy (non-hydrogen) atoms. The molecule has 2 aromatic carbocycles. The predicted molar refractivity (Wildman–Crippen MR) is 140 cm³/mol. The molecule has 0 spiro atoms. The lowest BCUT2D eigenvalue weighted by Gasteiger charge is -2.28. The van der Waals surface area contributed by atoms with Crippen LogP contribution in [0.5, 0.6) is 0 Å². The fourth-order valence-corrected chi connectivity index (χ4v) is 5.54. The highest BCUT2D eigenvalue weighted by Crippen LogP contribution is 2.30. The summed E-state index contributed by atoms with van der Waals surface area (Å²) in [6, 6.07) is 11.1. The van der Waals surface area contributed by atoms with Crippen LogP contribution in [0.15, 0.2) is 42.6 Å². The van der Waals surface area contributed by atoms with Gasteiger partial charge in [-0.2, -0.15) is 0 Å². The molecule has 1 atom stereocenters. The molecular formula is C28H32F2N6O. The summed E-state index contributed by atoms with van der Waals surface area (Å²) in [5.74, 6) is 0.173. The Labute approximate surface area is 214 Å². The molecule has 0 radical (unpaired) electrons. The highest BCUT2D eigenvalue weighted by Gasteiger charge is 2.20. The number of likely N-dealkylation sites (tertiary alicyclic amines) is 1. The number of alkyl halides is 1. The van der Waals surface area contributed by atoms with E-state index in [4.69, 9.17) is 0 Å². The number of fused-ring (bicyclic) bond motifs is 3. The third-order valence-corrected chi connectivity index (χ3v) is 7.66. The molecule has 3 N–H and O–H groups in total. The highest BCUT2D eigenvalue weighted by atomic mass is 19.1. The zero-order valence-electron chi connectivity index (χ0n) is 20.8. The number of nitrogens with one attached hydrogen (secondary N) is 3. The molecule has 2 saturated heterocycles. The van der Waals surface area contributed by atoms with Gasteiger partial charge in [-0.15, -0.1) is 0 Å². The van der Waals surface area contributed by atoms with Crippen LogP contribution in [0, 0.1) is 5.82 Å². The monoisotopic (exact) mass is 506 g/mol. The average molecular weight is 507 g/mol. The molecule has 2 aliphatic heterocycles. The van der Waals surface area contributed by atoms with Crippen LogP contribution < -0.4 is 10.6 Å². The first-order valence-corrected chi connectivity index (χ1v) is 13.2. The van der Waals surface area contributed by atoms with E-state index in [0.717, 1.165) is 62.0 Å². The van der Waals surface area contributed by atoms with Crippen molar-refractivity contribution in [2.75, 3.05) is 32.7 Å². The number of carbonyl (C=O) groups excluding carboxylic acids is 1. The van der Waals surface area contributed by atoms with Crippen LogP contribution in [-0.2, 0) is 0 Å². The van der Waals surface area contributed by atoms with Crippen molar-refractivity contribution in [1.82, 2.24) is 29.9 Å². The van der Waals surface area contributed by atoms with E-state index in [2.05, 4.69) is 25.5 Å². The number of imidazole rings is 2. The Balaban J connectivity index is 1.15. The summed E-state index contributed by atoms with van der Waals surface area (Å²) in [6.45, 7) is 3.96. The molecule has 2 aromatic heterocycles. The minimum absolute atomic E-state index is 0.138. The van der Waals surface area contributed by atoms with Crippen molar-refractivity contribution in [3.8, 4) is 11.3 Å². The van der Waals surface area contributed by atoms with E-state index in [9.17, 15) is 9.18 Å². The molecule has 7 nitrogen and oxygen atoms in total. The van der Waals surface area contributed by atoms with Gasteiger partial charge in [-0.05, 0) is 81.1 Å². The molecule has 4 heterocycles. The van der Waals surface area contributed by atoms with Crippen LogP contribution in [0.4, 0.5) is 8.78 Å². The number of aromatic nitrogens is 3. The molecule has 4 aromatic rings. The minimum Gasteiger partial charge on any atom is -0.352 e. The number of aromatic amines is 1. The third-order valence-electron chi connectivity index (χ3n) is 7.66. The Bertz CT molecular complexity index is 1420. The molecule has 2 aliphatic rings. The first-order chi connectivity index (χ1) is 18.0. The van der Waals surface area contributed by atoms with E-state index in [1.807, 2.05) is 28.8 Å². The number of H-pyrrole nitrogens is 1. The van der Waals surface area contributed by atoms with E-state index >= 15 is 4.39 Å². The van der Waals surface area contributed by atoms with Gasteiger partial charge >= 0.3 is 0 Å². The molecular weight excluding hydrogens is 474 g/mol. The van der Waals surface area contributed by atoms with Gasteiger partial charge in [0.2, 0.25) is 5.78 Å². The number of hydrogen-bond acceptors (Lipinski definition) is 4. The molecule has 194 valence electrons. The maximum absolute atomic E-state index is 15.0. The fourth-order valence-electron chi connectivity index (χ4n) is 5.54. The Morgan fingerprint density at radius 2 is 2.00 bits per heavy atom. The first kappa shape index (κ1) is 24.1. The lowest BCUT2D eigenvalue weighted by molar-refractivity contribution is 0.0950. The molecule has 0 saturated carbocycles. The number of amides is 1. The van der Waals surface area contributed by atoms with Crippen molar-refractivity contribution < 1.29 is 13.6 Å². The van der Waals surface area contributed by atoms with E-state index in [1.54, 1.807) is 18.2 Å². The van der Waals surface area contributed by atoms with Gasteiger partial charge in [-0.3, -0.25) is 9.20 Å². The average Bonchev–Trinajstić information content (AvgIpc) is 3.64. The predicted octanol–water partition coefficient (Wildman–Crippen LogP) is 4.60. The van der Waals surface area contributed by atoms with Gasteiger partial charge in [0.15, 0.2) is 0 Å². The lowest BCUT2D eigenvalue weighted by Crippen LogP contribution is -2.36. The molecule has 0 bridgehead atoms. The van der Waals surface area contributed by atoms with Crippen molar-refractivity contribution in [2.45, 2.75) is 44.3 Å². The van der Waals surface area contributed by atoms with Gasteiger partial charge < -0.3 is 20.5 Å². The summed E-state index contributed by atoms with van der Waals surface area (Å²) in [5.41, 5.74) is 4.18. The molecule has 0 unspecified atom stereocenters. The van der Waals surface area contributed by atoms with Crippen molar-refractivity contribution in [3.63, 3.8) is 0 Å². The summed E-state index contributed by atoms with van der Waals surface area (Å²) in [4.78, 5) is 22.9. The fraction of sp³-hybridized carbons (Fsp3) is 0.429. The quantitative estimate of drug-likeness (QED) is 0.320. The van der Waals surface area contributed by atoms with Crippen molar-refractivity contribution in [3.05, 3.63) is 59.5 Å². The Morgan fingerprint density at radius 3 is 2.78 bits per heavy atom. The first-order valence-electron chi connectivity index (χ1n) is 13.2. The van der Waals surface area contributed by atoms with E-state index in [-0.39, 0.29) is 17.8 Å². The second-order valence-corrected chi connectivity index (χ2v) is 10.2. The van der Waals surface area contributed by atoms with Gasteiger partial charge in [0, 0.05) is 43.0 Å². The summed E-state index contributed by atoms with van der Waals surface area (Å²) in [7, 11) is 0. The molecule has 9 heteroatoms. The number of nitrogens with zero attached hydrogens (tertiary/aromatic N) is 3. The molecule has 2 fully saturated rings. The number of carbonyl (C=O) groups is 1. The van der Waals surface area contributed by atoms with Crippen LogP contribution >= 0.6 is 0 Å². The Morgan fingerprint density at radius 1 is 1.14 bits per heavy atom. The van der Waals surface area contributed by atoms with Crippen LogP contribution in [-0.4, -0.2) is 64.1 Å². The maximum Gasteiger partial charge on any atom is 0.251 e. The number of piperidine rings is 1. The third kappa shape index (κ3) is 4.98. The number of halogens is 2. The second kappa shape index (κ2) is 10.2. The smallest absolute Gasteiger partial charge is 0.251 e. The van der Waals surface area contributed by atoms with Gasteiger partial charge in [-0.1, -0.05) is 6.07 Å². The summed E-state index contributed by atoms with van der Waals surface area (Å²) in [6.07, 6.45) is 5.29. The van der Waals surface area contributed by atoms with E-state index in [0.29, 0.717) is 42.0 Å². The SMILES string of the molecule is O=C(NCCCN1CCC(F)CC1)c1ccc2[nH]c3nc(-c4ccc([C@H]5CCCN5)cc4F)cn3c2c1. The van der Waals surface area contributed by atoms with Gasteiger partial charge in [-0.25, -0.2) is 13.8 Å². The van der Waals surface area contributed by atoms with Gasteiger partial charge in [0.05, 0.1) is 16.7 Å². The van der Waals surface area contributed by atoms with E-state index in [1.165, 1.54) is 0 Å². The summed E-state index contributed by atoms with van der Waals surface area (Å²) in [5, 5.41) is 6.39. The molecule has 0 aliphatic carbocycles. The summed E-state index contributed by atoms with van der Waals surface area (Å²) < 4.78 is 30.2. The highest BCUT2D eigenvalue weighted by molar-refractivity contribution is 5.98. The van der Waals surface area contributed by atoms with Crippen LogP contribution in [0.1, 0.15) is 54.1 Å². The Hall–Kier alpha value is -3.30. The summed E-state index contributed by atoms with van der Waals surface area (Å²) >= 11 is 0. The molecule has 6 rings (SSSR count). The normalized spacial score (nSPS) is 19.2. The minimum atomic E-state index is -0.670. The number of benzene rings is 2. The van der Waals surface area contributed by atoms with Crippen LogP contribution in [0.2, 0.25) is 0 Å². The largest absolute Gasteiger partial charge is 0.352 e. The number of rotatable bonds is 7. The van der Waals surface area contributed by atoms with Crippen molar-refractivity contribution in [1.29, 1.82) is 0 Å². The van der Waals surface area contributed by atoms with Gasteiger partial charge in [0.1, 0.15) is 12.0 Å². The van der Waals surface area contributed by atoms with Gasteiger partial charge in [0.25, 0.3) is 5.91 Å². The number of hydrogen-bond donors (Lipinski definition) is 3.